The highest BCUT2D eigenvalue weighted by molar-refractivity contribution is 6.30. The lowest BCUT2D eigenvalue weighted by molar-refractivity contribution is -0.136. The highest BCUT2D eigenvalue weighted by atomic mass is 35.5. The minimum atomic E-state index is -4.68. The summed E-state index contributed by atoms with van der Waals surface area (Å²) in [7, 11) is 0. The lowest BCUT2D eigenvalue weighted by atomic mass is 10.0. The van der Waals surface area contributed by atoms with Crippen molar-refractivity contribution in [3.8, 4) is 28.2 Å². The van der Waals surface area contributed by atoms with Gasteiger partial charge in [0.1, 0.15) is 11.5 Å². The molecule has 2 heterocycles. The van der Waals surface area contributed by atoms with Gasteiger partial charge in [0.05, 0.1) is 22.3 Å². The van der Waals surface area contributed by atoms with Crippen LogP contribution in [0.2, 0.25) is 5.02 Å². The molecule has 8 heteroatoms. The van der Waals surface area contributed by atoms with Crippen molar-refractivity contribution in [1.29, 1.82) is 0 Å². The molecule has 0 radical (unpaired) electrons. The Bertz CT molecular complexity index is 1490. The number of halogens is 5. The van der Waals surface area contributed by atoms with Crippen LogP contribution in [0.4, 0.5) is 17.6 Å². The summed E-state index contributed by atoms with van der Waals surface area (Å²) in [5.41, 5.74) is 1.76. The Balaban J connectivity index is 1.88. The van der Waals surface area contributed by atoms with Crippen LogP contribution in [-0.2, 0) is 6.18 Å². The van der Waals surface area contributed by atoms with Gasteiger partial charge >= 0.3 is 6.18 Å². The number of hydrogen-bond donors (Lipinski definition) is 0. The number of benzene rings is 3. The van der Waals surface area contributed by atoms with E-state index in [-0.39, 0.29) is 22.4 Å². The van der Waals surface area contributed by atoms with Gasteiger partial charge in [-0.1, -0.05) is 41.4 Å². The molecule has 2 aromatic heterocycles. The minimum Gasteiger partial charge on any atom is -0.228 e. The first kappa shape index (κ1) is 22.1. The average molecular weight is 482 g/mol. The number of rotatable bonds is 3. The van der Waals surface area contributed by atoms with Gasteiger partial charge < -0.3 is 0 Å². The molecule has 0 atom stereocenters. The molecule has 0 aliphatic rings. The van der Waals surface area contributed by atoms with Gasteiger partial charge in [0.15, 0.2) is 5.65 Å². The molecule has 0 spiro atoms. The number of fused-ring (bicyclic) bond motifs is 1. The van der Waals surface area contributed by atoms with Gasteiger partial charge in [-0.15, -0.1) is 0 Å². The third-order valence-corrected chi connectivity index (χ3v) is 5.73. The summed E-state index contributed by atoms with van der Waals surface area (Å²) in [6.07, 6.45) is -4.68. The predicted octanol–water partition coefficient (Wildman–Crippen LogP) is 7.87. The first-order valence-corrected chi connectivity index (χ1v) is 10.7. The van der Waals surface area contributed by atoms with Crippen LogP contribution in [-0.4, -0.2) is 14.8 Å². The average Bonchev–Trinajstić information content (AvgIpc) is 3.19. The second-order valence-corrected chi connectivity index (χ2v) is 8.30. The summed E-state index contributed by atoms with van der Waals surface area (Å²) in [6.45, 7) is 1.91. The summed E-state index contributed by atoms with van der Waals surface area (Å²) in [4.78, 5) is 4.56. The van der Waals surface area contributed by atoms with Crippen LogP contribution >= 0.6 is 11.6 Å². The number of nitrogens with zero attached hydrogens (tertiary/aromatic N) is 3. The molecule has 0 amide bonds. The Morgan fingerprint density at radius 2 is 1.44 bits per heavy atom. The van der Waals surface area contributed by atoms with Gasteiger partial charge in [-0.2, -0.15) is 18.3 Å². The Morgan fingerprint density at radius 3 is 2.06 bits per heavy atom. The normalized spacial score (nSPS) is 11.8. The highest BCUT2D eigenvalue weighted by Gasteiger charge is 2.36. The Morgan fingerprint density at radius 1 is 0.824 bits per heavy atom. The highest BCUT2D eigenvalue weighted by Crippen LogP contribution is 2.41. The quantitative estimate of drug-likeness (QED) is 0.245. The molecule has 3 nitrogen and oxygen atoms in total. The van der Waals surface area contributed by atoms with Crippen LogP contribution in [0.3, 0.4) is 0 Å². The van der Waals surface area contributed by atoms with Gasteiger partial charge in [0.25, 0.3) is 0 Å². The fraction of sp³-hybridized carbons (Fsp3) is 0.0769. The molecular formula is C26H16ClF4N3. The second kappa shape index (κ2) is 8.25. The molecule has 0 fully saturated rings. The molecule has 0 aliphatic carbocycles. The van der Waals surface area contributed by atoms with Crippen LogP contribution in [0.15, 0.2) is 78.9 Å². The van der Waals surface area contributed by atoms with E-state index in [2.05, 4.69) is 10.1 Å². The van der Waals surface area contributed by atoms with Crippen LogP contribution < -0.4 is 0 Å². The van der Waals surface area contributed by atoms with E-state index in [4.69, 9.17) is 11.6 Å². The zero-order valence-electron chi connectivity index (χ0n) is 17.7. The van der Waals surface area contributed by atoms with E-state index in [0.29, 0.717) is 21.8 Å². The van der Waals surface area contributed by atoms with Crippen LogP contribution in [0.25, 0.3) is 39.2 Å². The second-order valence-electron chi connectivity index (χ2n) is 7.86. The number of alkyl halides is 3. The number of hydrogen-bond acceptors (Lipinski definition) is 2. The summed E-state index contributed by atoms with van der Waals surface area (Å²) < 4.78 is 57.9. The first-order chi connectivity index (χ1) is 16.2. The van der Waals surface area contributed by atoms with Crippen molar-refractivity contribution in [3.05, 3.63) is 101 Å². The summed E-state index contributed by atoms with van der Waals surface area (Å²) in [5.74, 6) is -0.490. The molecule has 3 aromatic carbocycles. The van der Waals surface area contributed by atoms with Gasteiger partial charge in [-0.05, 0) is 61.5 Å². The lowest BCUT2D eigenvalue weighted by Gasteiger charge is -2.12. The van der Waals surface area contributed by atoms with Crippen molar-refractivity contribution in [2.45, 2.75) is 13.1 Å². The molecular weight excluding hydrogens is 466 g/mol. The maximum atomic E-state index is 14.4. The lowest BCUT2D eigenvalue weighted by Crippen LogP contribution is -2.08. The topological polar surface area (TPSA) is 30.7 Å². The fourth-order valence-electron chi connectivity index (χ4n) is 3.78. The summed E-state index contributed by atoms with van der Waals surface area (Å²) in [6, 6.07) is 19.8. The SMILES string of the molecule is Cc1ccc(-n2nc(-c3ccc(Cl)cc3)c3c(C(F)(F)F)cc(-c4ccc(F)cc4)nc32)cc1. The van der Waals surface area contributed by atoms with Crippen molar-refractivity contribution >= 4 is 22.6 Å². The van der Waals surface area contributed by atoms with Crippen LogP contribution in [0, 0.1) is 12.7 Å². The molecule has 0 aliphatic heterocycles. The molecule has 0 saturated heterocycles. The van der Waals surface area contributed by atoms with Crippen molar-refractivity contribution in [1.82, 2.24) is 14.8 Å². The molecule has 0 N–H and O–H groups in total. The molecule has 5 rings (SSSR count). The maximum absolute atomic E-state index is 14.4. The number of pyridine rings is 1. The third kappa shape index (κ3) is 4.03. The smallest absolute Gasteiger partial charge is 0.228 e. The Hall–Kier alpha value is -3.71. The van der Waals surface area contributed by atoms with E-state index >= 15 is 0 Å². The van der Waals surface area contributed by atoms with E-state index in [1.54, 1.807) is 36.4 Å². The number of aromatic nitrogens is 3. The van der Waals surface area contributed by atoms with E-state index in [9.17, 15) is 17.6 Å². The van der Waals surface area contributed by atoms with Crippen molar-refractivity contribution in [2.75, 3.05) is 0 Å². The molecule has 170 valence electrons. The van der Waals surface area contributed by atoms with E-state index in [0.717, 1.165) is 11.6 Å². The molecule has 0 unspecified atom stereocenters. The molecule has 0 bridgehead atoms. The van der Waals surface area contributed by atoms with Crippen molar-refractivity contribution < 1.29 is 17.6 Å². The molecule has 5 aromatic rings. The van der Waals surface area contributed by atoms with Gasteiger partial charge in [0, 0.05) is 16.1 Å². The minimum absolute atomic E-state index is 0.0444. The van der Waals surface area contributed by atoms with Crippen molar-refractivity contribution in [2.24, 2.45) is 0 Å². The third-order valence-electron chi connectivity index (χ3n) is 5.48. The van der Waals surface area contributed by atoms with Crippen LogP contribution in [0.5, 0.6) is 0 Å². The zero-order chi connectivity index (χ0) is 24.0. The fourth-order valence-corrected chi connectivity index (χ4v) is 3.91. The standard InChI is InChI=1S/C26H16ClF4N3/c1-15-2-12-20(13-3-15)34-25-23(24(33-34)17-4-8-18(27)9-5-17)21(26(29,30)31)14-22(32-25)16-6-10-19(28)11-7-16/h2-14H,1H3. The monoisotopic (exact) mass is 481 g/mol. The molecule has 34 heavy (non-hydrogen) atoms. The summed E-state index contributed by atoms with van der Waals surface area (Å²) in [5, 5.41) is 4.90. The van der Waals surface area contributed by atoms with E-state index < -0.39 is 17.6 Å². The van der Waals surface area contributed by atoms with E-state index in [1.807, 2.05) is 19.1 Å². The Kier molecular flexibility index (Phi) is 5.37. The maximum Gasteiger partial charge on any atom is 0.417 e. The van der Waals surface area contributed by atoms with Crippen molar-refractivity contribution in [3.63, 3.8) is 0 Å². The van der Waals surface area contributed by atoms with Gasteiger partial charge in [-0.3, -0.25) is 0 Å². The molecule has 0 saturated carbocycles. The van der Waals surface area contributed by atoms with Gasteiger partial charge in [-0.25, -0.2) is 14.1 Å². The first-order valence-electron chi connectivity index (χ1n) is 10.3. The Labute approximate surface area is 197 Å². The predicted molar refractivity (Wildman–Crippen MR) is 124 cm³/mol. The van der Waals surface area contributed by atoms with Gasteiger partial charge in [0.2, 0.25) is 0 Å². The van der Waals surface area contributed by atoms with Crippen LogP contribution in [0.1, 0.15) is 11.1 Å². The summed E-state index contributed by atoms with van der Waals surface area (Å²) >= 11 is 5.99. The number of aryl methyl sites for hydroxylation is 1. The van der Waals surface area contributed by atoms with E-state index in [1.165, 1.54) is 28.9 Å². The zero-order valence-corrected chi connectivity index (χ0v) is 18.5. The largest absolute Gasteiger partial charge is 0.417 e.